The van der Waals surface area contributed by atoms with E-state index in [0.717, 1.165) is 0 Å². The fourth-order valence-corrected chi connectivity index (χ4v) is 7.03. The van der Waals surface area contributed by atoms with Crippen LogP contribution in [-0.4, -0.2) is 16.8 Å². The summed E-state index contributed by atoms with van der Waals surface area (Å²) in [5, 5.41) is 0. The van der Waals surface area contributed by atoms with Crippen LogP contribution in [0.2, 0.25) is 0 Å². The molecule has 0 aliphatic carbocycles. The van der Waals surface area contributed by atoms with Crippen LogP contribution in [0.15, 0.2) is 107 Å². The van der Waals surface area contributed by atoms with Gasteiger partial charge in [-0.15, -0.1) is 0 Å². The van der Waals surface area contributed by atoms with E-state index < -0.39 is 44.4 Å². The summed E-state index contributed by atoms with van der Waals surface area (Å²) < 4.78 is 73.6. The topological polar surface area (TPSA) is 105 Å². The van der Waals surface area contributed by atoms with Crippen LogP contribution in [0.3, 0.4) is 0 Å². The molecule has 204 valence electrons. The summed E-state index contributed by atoms with van der Waals surface area (Å²) >= 11 is -2.15. The Morgan fingerprint density at radius 3 is 1.15 bits per heavy atom. The van der Waals surface area contributed by atoms with Crippen molar-refractivity contribution in [1.29, 1.82) is 0 Å². The quantitative estimate of drug-likeness (QED) is 0.200. The smallest absolute Gasteiger partial charge is 1.00 e. The number of hydrogen-bond donors (Lipinski definition) is 0. The van der Waals surface area contributed by atoms with E-state index >= 15 is 0 Å². The first-order chi connectivity index (χ1) is 17.7. The van der Waals surface area contributed by atoms with Crippen molar-refractivity contribution in [3.63, 3.8) is 0 Å². The normalized spacial score (nSPS) is 10.7. The Bertz CT molecular complexity index is 1510. The number of benzene rings is 4. The molecule has 0 amide bonds. The Kier molecular flexibility index (Phi) is 11.9. The maximum atomic E-state index is 12.8. The summed E-state index contributed by atoms with van der Waals surface area (Å²) in [5.41, 5.74) is 1.11. The Balaban J connectivity index is 0.00000267. The molecule has 4 rings (SSSR count). The first kappa shape index (κ1) is 32.7. The molecular weight excluding hydrogens is 667 g/mol. The summed E-state index contributed by atoms with van der Waals surface area (Å²) in [6.07, 6.45) is 0. The molecule has 0 heterocycles. The summed E-state index contributed by atoms with van der Waals surface area (Å²) in [6.45, 7) is 3.36. The molecule has 4 aromatic rings. The van der Waals surface area contributed by atoms with Crippen LogP contribution < -0.4 is 38.8 Å². The average Bonchev–Trinajstić information content (AvgIpc) is 2.86. The largest absolute Gasteiger partial charge is 1.00 e. The van der Waals surface area contributed by atoms with E-state index in [4.69, 9.17) is 14.0 Å². The van der Waals surface area contributed by atoms with Crippen molar-refractivity contribution in [2.45, 2.75) is 23.6 Å². The van der Waals surface area contributed by atoms with Gasteiger partial charge in [-0.2, -0.15) is 0 Å². The number of aryl methyl sites for hydroxylation is 2. The van der Waals surface area contributed by atoms with Gasteiger partial charge in [0, 0.05) is 0 Å². The van der Waals surface area contributed by atoms with Crippen molar-refractivity contribution < 1.29 is 79.8 Å². The van der Waals surface area contributed by atoms with Gasteiger partial charge in [-0.25, -0.2) is 0 Å². The molecule has 0 saturated heterocycles. The molecular formula is C26H22Cl2O8S2Zr. The first-order valence-electron chi connectivity index (χ1n) is 10.9. The fraction of sp³-hybridized carbons (Fsp3) is 0.0769. The molecule has 0 saturated carbocycles. The SMILES string of the molecule is Cc1ccccc1S(=O)(=O)Oc1ccccc1[O][Zr+2][O]c1ccccc1OS(=O)(=O)c1ccccc1C.[Cl-].[Cl-]. The van der Waals surface area contributed by atoms with E-state index in [0.29, 0.717) is 11.1 Å². The van der Waals surface area contributed by atoms with E-state index in [1.54, 1.807) is 86.6 Å². The molecule has 4 aromatic carbocycles. The number of halogens is 2. The Hall–Kier alpha value is -2.56. The van der Waals surface area contributed by atoms with Crippen LogP contribution in [0.1, 0.15) is 11.1 Å². The zero-order valence-electron chi connectivity index (χ0n) is 20.6. The number of hydrogen-bond acceptors (Lipinski definition) is 8. The number of rotatable bonds is 10. The molecule has 0 aliphatic heterocycles. The molecule has 0 aromatic heterocycles. The second-order valence-corrected chi connectivity index (χ2v) is 12.2. The minimum atomic E-state index is -4.09. The van der Waals surface area contributed by atoms with Gasteiger partial charge in [-0.05, 0) is 0 Å². The third-order valence-corrected chi connectivity index (χ3v) is 9.41. The predicted octanol–water partition coefficient (Wildman–Crippen LogP) is -0.783. The van der Waals surface area contributed by atoms with Gasteiger partial charge in [0.15, 0.2) is 0 Å². The van der Waals surface area contributed by atoms with Crippen LogP contribution in [0.25, 0.3) is 0 Å². The molecule has 0 radical (unpaired) electrons. The molecule has 39 heavy (non-hydrogen) atoms. The molecule has 0 N–H and O–H groups in total. The summed E-state index contributed by atoms with van der Waals surface area (Å²) in [7, 11) is -8.18. The fourth-order valence-electron chi connectivity index (χ4n) is 3.32. The Morgan fingerprint density at radius 2 is 0.795 bits per heavy atom. The minimum Gasteiger partial charge on any atom is -1.00 e. The number of para-hydroxylation sites is 4. The van der Waals surface area contributed by atoms with Crippen molar-refractivity contribution in [1.82, 2.24) is 0 Å². The Morgan fingerprint density at radius 1 is 0.487 bits per heavy atom. The van der Waals surface area contributed by atoms with E-state index in [1.807, 2.05) is 0 Å². The zero-order valence-corrected chi connectivity index (χ0v) is 26.2. The second kappa shape index (κ2) is 14.2. The Labute approximate surface area is 253 Å². The standard InChI is InChI=1S/2C13H12O4S.2ClH.Zr/c2*1-10-6-2-5-9-13(10)18(15,16)17-12-8-4-3-7-11(12)14;;;/h2*2-9,14H,1H3;2*1H;/q;;;;+4/p-4. The van der Waals surface area contributed by atoms with Crippen molar-refractivity contribution in [2.24, 2.45) is 0 Å². The van der Waals surface area contributed by atoms with Crippen LogP contribution >= 0.6 is 0 Å². The zero-order chi connectivity index (χ0) is 26.5. The molecule has 0 unspecified atom stereocenters. The minimum absolute atomic E-state index is 0. The van der Waals surface area contributed by atoms with Crippen molar-refractivity contribution in [3.8, 4) is 23.0 Å². The monoisotopic (exact) mass is 686 g/mol. The average molecular weight is 689 g/mol. The van der Waals surface area contributed by atoms with Crippen molar-refractivity contribution >= 4 is 20.2 Å². The van der Waals surface area contributed by atoms with Gasteiger partial charge >= 0.3 is 230 Å². The van der Waals surface area contributed by atoms with Gasteiger partial charge in [0.25, 0.3) is 0 Å². The van der Waals surface area contributed by atoms with Gasteiger partial charge in [-0.3, -0.25) is 0 Å². The van der Waals surface area contributed by atoms with E-state index in [-0.39, 0.29) is 57.6 Å². The van der Waals surface area contributed by atoms with Crippen molar-refractivity contribution in [2.75, 3.05) is 0 Å². The molecule has 13 heteroatoms. The molecule has 0 bridgehead atoms. The van der Waals surface area contributed by atoms with Gasteiger partial charge in [0.2, 0.25) is 0 Å². The van der Waals surface area contributed by atoms with Crippen LogP contribution in [0.4, 0.5) is 0 Å². The summed E-state index contributed by atoms with van der Waals surface area (Å²) in [6, 6.07) is 25.7. The molecule has 0 atom stereocenters. The summed E-state index contributed by atoms with van der Waals surface area (Å²) in [5.74, 6) is 0.415. The van der Waals surface area contributed by atoms with Crippen LogP contribution in [0, 0.1) is 13.8 Å². The van der Waals surface area contributed by atoms with E-state index in [9.17, 15) is 16.8 Å². The maximum Gasteiger partial charge on any atom is -1.00 e. The van der Waals surface area contributed by atoms with Crippen LogP contribution in [0.5, 0.6) is 23.0 Å². The van der Waals surface area contributed by atoms with E-state index in [2.05, 4.69) is 0 Å². The van der Waals surface area contributed by atoms with Crippen LogP contribution in [-0.2, 0) is 44.4 Å². The summed E-state index contributed by atoms with van der Waals surface area (Å²) in [4.78, 5) is 0.115. The van der Waals surface area contributed by atoms with Gasteiger partial charge in [0.05, 0.1) is 0 Å². The van der Waals surface area contributed by atoms with Gasteiger partial charge in [-0.1, -0.05) is 0 Å². The molecule has 0 fully saturated rings. The molecule has 0 aliphatic rings. The second-order valence-electron chi connectivity index (χ2n) is 7.79. The van der Waals surface area contributed by atoms with Gasteiger partial charge in [0.1, 0.15) is 0 Å². The predicted molar refractivity (Wildman–Crippen MR) is 132 cm³/mol. The molecule has 0 spiro atoms. The third-order valence-electron chi connectivity index (χ3n) is 5.13. The van der Waals surface area contributed by atoms with Crippen molar-refractivity contribution in [3.05, 3.63) is 108 Å². The van der Waals surface area contributed by atoms with E-state index in [1.165, 1.54) is 24.3 Å². The van der Waals surface area contributed by atoms with Gasteiger partial charge < -0.3 is 24.8 Å². The maximum absolute atomic E-state index is 12.8. The third kappa shape index (κ3) is 8.22. The first-order valence-corrected chi connectivity index (χ1v) is 15.8. The molecule has 8 nitrogen and oxygen atoms in total.